The van der Waals surface area contributed by atoms with Gasteiger partial charge in [0.15, 0.2) is 0 Å². The molecule has 3 nitrogen and oxygen atoms in total. The van der Waals surface area contributed by atoms with Crippen molar-refractivity contribution in [2.24, 2.45) is 5.73 Å². The van der Waals surface area contributed by atoms with Crippen molar-refractivity contribution in [1.29, 1.82) is 0 Å². The zero-order chi connectivity index (χ0) is 11.5. The molecule has 0 spiro atoms. The Morgan fingerprint density at radius 2 is 2.12 bits per heavy atom. The summed E-state index contributed by atoms with van der Waals surface area (Å²) in [6.07, 6.45) is 0. The molecule has 0 saturated heterocycles. The minimum absolute atomic E-state index is 0.0366. The molecule has 1 aromatic rings. The Morgan fingerprint density at radius 1 is 1.38 bits per heavy atom. The molecular formula is C13H20N2O. The molecule has 0 radical (unpaired) electrons. The molecule has 0 unspecified atom stereocenters. The van der Waals surface area contributed by atoms with E-state index < -0.39 is 0 Å². The second-order valence-electron chi connectivity index (χ2n) is 4.18. The summed E-state index contributed by atoms with van der Waals surface area (Å²) in [4.78, 5) is 2.33. The van der Waals surface area contributed by atoms with Crippen LogP contribution in [0.25, 0.3) is 0 Å². The summed E-state index contributed by atoms with van der Waals surface area (Å²) >= 11 is 0. The highest BCUT2D eigenvalue weighted by Gasteiger charge is 2.17. The molecule has 1 heterocycles. The Balaban J connectivity index is 2.31. The lowest BCUT2D eigenvalue weighted by atomic mass is 9.99. The van der Waals surface area contributed by atoms with Gasteiger partial charge in [-0.1, -0.05) is 6.07 Å². The van der Waals surface area contributed by atoms with Crippen LogP contribution in [0, 0.1) is 0 Å². The van der Waals surface area contributed by atoms with Crippen LogP contribution in [0.4, 0.5) is 5.69 Å². The molecule has 3 heteroatoms. The number of anilines is 1. The number of ether oxygens (including phenoxy) is 1. The third-order valence-electron chi connectivity index (χ3n) is 3.21. The molecular weight excluding hydrogens is 200 g/mol. The molecule has 1 aliphatic rings. The van der Waals surface area contributed by atoms with Crippen LogP contribution in [0.5, 0.6) is 0 Å². The van der Waals surface area contributed by atoms with E-state index in [0.717, 1.165) is 13.1 Å². The van der Waals surface area contributed by atoms with Crippen LogP contribution in [-0.4, -0.2) is 19.7 Å². The van der Waals surface area contributed by atoms with Crippen molar-refractivity contribution in [2.75, 3.05) is 24.6 Å². The van der Waals surface area contributed by atoms with Gasteiger partial charge in [0.1, 0.15) is 0 Å². The van der Waals surface area contributed by atoms with E-state index in [-0.39, 0.29) is 6.04 Å². The molecule has 0 aromatic heterocycles. The van der Waals surface area contributed by atoms with E-state index in [1.54, 1.807) is 0 Å². The van der Waals surface area contributed by atoms with Crippen LogP contribution < -0.4 is 10.6 Å². The monoisotopic (exact) mass is 220 g/mol. The SMILES string of the molecule is CCN(CC)c1ccc2c(c1)COC[C@H]2N. The lowest BCUT2D eigenvalue weighted by Crippen LogP contribution is -2.25. The van der Waals surface area contributed by atoms with Crippen LogP contribution in [0.15, 0.2) is 18.2 Å². The van der Waals surface area contributed by atoms with Crippen molar-refractivity contribution in [3.63, 3.8) is 0 Å². The van der Waals surface area contributed by atoms with Gasteiger partial charge in [0.05, 0.1) is 19.3 Å². The number of nitrogens with two attached hydrogens (primary N) is 1. The lowest BCUT2D eigenvalue weighted by molar-refractivity contribution is 0.0924. The van der Waals surface area contributed by atoms with Crippen molar-refractivity contribution in [1.82, 2.24) is 0 Å². The molecule has 0 fully saturated rings. The topological polar surface area (TPSA) is 38.5 Å². The fourth-order valence-corrected chi connectivity index (χ4v) is 2.25. The number of benzene rings is 1. The highest BCUT2D eigenvalue weighted by molar-refractivity contribution is 5.51. The molecule has 2 N–H and O–H groups in total. The van der Waals surface area contributed by atoms with Crippen LogP contribution >= 0.6 is 0 Å². The average molecular weight is 220 g/mol. The summed E-state index contributed by atoms with van der Waals surface area (Å²) in [5.41, 5.74) is 9.74. The smallest absolute Gasteiger partial charge is 0.0721 e. The van der Waals surface area contributed by atoms with E-state index >= 15 is 0 Å². The first-order valence-electron chi connectivity index (χ1n) is 5.97. The largest absolute Gasteiger partial charge is 0.375 e. The maximum Gasteiger partial charge on any atom is 0.0721 e. The molecule has 0 amide bonds. The molecule has 88 valence electrons. The van der Waals surface area contributed by atoms with Crippen LogP contribution in [0.2, 0.25) is 0 Å². The van der Waals surface area contributed by atoms with Gasteiger partial charge in [0.25, 0.3) is 0 Å². The molecule has 0 aliphatic carbocycles. The van der Waals surface area contributed by atoms with E-state index in [1.165, 1.54) is 16.8 Å². The zero-order valence-electron chi connectivity index (χ0n) is 10.1. The van der Waals surface area contributed by atoms with Crippen LogP contribution in [0.1, 0.15) is 31.0 Å². The summed E-state index contributed by atoms with van der Waals surface area (Å²) in [5.74, 6) is 0. The quantitative estimate of drug-likeness (QED) is 0.847. The Labute approximate surface area is 97.2 Å². The van der Waals surface area contributed by atoms with E-state index in [1.807, 2.05) is 0 Å². The van der Waals surface area contributed by atoms with Crippen molar-refractivity contribution in [3.8, 4) is 0 Å². The van der Waals surface area contributed by atoms with Gasteiger partial charge in [-0.3, -0.25) is 0 Å². The zero-order valence-corrected chi connectivity index (χ0v) is 10.1. The second kappa shape index (κ2) is 4.85. The third-order valence-corrected chi connectivity index (χ3v) is 3.21. The normalized spacial score (nSPS) is 19.3. The van der Waals surface area contributed by atoms with Crippen molar-refractivity contribution < 1.29 is 4.74 Å². The Kier molecular flexibility index (Phi) is 3.46. The second-order valence-corrected chi connectivity index (χ2v) is 4.18. The van der Waals surface area contributed by atoms with Gasteiger partial charge in [-0.05, 0) is 37.1 Å². The van der Waals surface area contributed by atoms with Gasteiger partial charge in [0.2, 0.25) is 0 Å². The van der Waals surface area contributed by atoms with Gasteiger partial charge >= 0.3 is 0 Å². The summed E-state index contributed by atoms with van der Waals surface area (Å²) < 4.78 is 5.47. The van der Waals surface area contributed by atoms with E-state index in [0.29, 0.717) is 13.2 Å². The summed E-state index contributed by atoms with van der Waals surface area (Å²) in [5, 5.41) is 0. The first-order chi connectivity index (χ1) is 7.76. The van der Waals surface area contributed by atoms with Crippen molar-refractivity contribution >= 4 is 5.69 Å². The fraction of sp³-hybridized carbons (Fsp3) is 0.538. The fourth-order valence-electron chi connectivity index (χ4n) is 2.25. The molecule has 2 rings (SSSR count). The summed E-state index contributed by atoms with van der Waals surface area (Å²) in [6.45, 7) is 7.73. The summed E-state index contributed by atoms with van der Waals surface area (Å²) in [7, 11) is 0. The standard InChI is InChI=1S/C13H20N2O/c1-3-15(4-2)11-5-6-12-10(7-11)8-16-9-13(12)14/h5-7,13H,3-4,8-9,14H2,1-2H3/t13-/m1/s1. The lowest BCUT2D eigenvalue weighted by Gasteiger charge is -2.26. The maximum atomic E-state index is 6.00. The number of hydrogen-bond acceptors (Lipinski definition) is 3. The Hall–Kier alpha value is -1.06. The minimum Gasteiger partial charge on any atom is -0.375 e. The summed E-state index contributed by atoms with van der Waals surface area (Å²) in [6, 6.07) is 6.56. The molecule has 1 aromatic carbocycles. The number of rotatable bonds is 3. The molecule has 0 bridgehead atoms. The van der Waals surface area contributed by atoms with Crippen LogP contribution in [-0.2, 0) is 11.3 Å². The van der Waals surface area contributed by atoms with Crippen molar-refractivity contribution in [3.05, 3.63) is 29.3 Å². The van der Waals surface area contributed by atoms with E-state index in [4.69, 9.17) is 10.5 Å². The predicted molar refractivity (Wildman–Crippen MR) is 66.6 cm³/mol. The van der Waals surface area contributed by atoms with Gasteiger partial charge < -0.3 is 15.4 Å². The number of hydrogen-bond donors (Lipinski definition) is 1. The first-order valence-corrected chi connectivity index (χ1v) is 5.97. The minimum atomic E-state index is 0.0366. The van der Waals surface area contributed by atoms with Crippen molar-refractivity contribution in [2.45, 2.75) is 26.5 Å². The van der Waals surface area contributed by atoms with Gasteiger partial charge in [0, 0.05) is 18.8 Å². The first kappa shape index (κ1) is 11.4. The highest BCUT2D eigenvalue weighted by Crippen LogP contribution is 2.27. The van der Waals surface area contributed by atoms with Crippen LogP contribution in [0.3, 0.4) is 0 Å². The van der Waals surface area contributed by atoms with Gasteiger partial charge in [-0.25, -0.2) is 0 Å². The maximum absolute atomic E-state index is 6.00. The molecule has 16 heavy (non-hydrogen) atoms. The van der Waals surface area contributed by atoms with Gasteiger partial charge in [-0.2, -0.15) is 0 Å². The molecule has 1 aliphatic heterocycles. The average Bonchev–Trinajstić information content (AvgIpc) is 2.31. The number of fused-ring (bicyclic) bond motifs is 1. The van der Waals surface area contributed by atoms with Gasteiger partial charge in [-0.15, -0.1) is 0 Å². The highest BCUT2D eigenvalue weighted by atomic mass is 16.5. The third kappa shape index (κ3) is 2.06. The Morgan fingerprint density at radius 3 is 2.81 bits per heavy atom. The molecule has 1 atom stereocenters. The van der Waals surface area contributed by atoms with E-state index in [9.17, 15) is 0 Å². The predicted octanol–water partition coefficient (Wildman–Crippen LogP) is 2.06. The number of nitrogens with zero attached hydrogens (tertiary/aromatic N) is 1. The van der Waals surface area contributed by atoms with E-state index in [2.05, 4.69) is 36.9 Å². The molecule has 0 saturated carbocycles. The Bertz CT molecular complexity index is 361.